The van der Waals surface area contributed by atoms with Crippen LogP contribution in [0.5, 0.6) is 0 Å². The van der Waals surface area contributed by atoms with Gasteiger partial charge in [0.15, 0.2) is 17.5 Å². The normalized spacial score (nSPS) is 11.4. The molecule has 0 aliphatic heterocycles. The van der Waals surface area contributed by atoms with E-state index in [0.29, 0.717) is 25.0 Å². The Hall–Kier alpha value is -2.43. The second kappa shape index (κ2) is 10.8. The smallest absolute Gasteiger partial charge is 0.192 e. The van der Waals surface area contributed by atoms with E-state index in [1.165, 1.54) is 0 Å². The van der Waals surface area contributed by atoms with E-state index in [4.69, 9.17) is 4.52 Å². The fraction of sp³-hybridized carbons (Fsp3) is 0.368. The zero-order valence-corrected chi connectivity index (χ0v) is 18.6. The van der Waals surface area contributed by atoms with E-state index in [1.807, 2.05) is 47.9 Å². The number of hydrogen-bond acceptors (Lipinski definition) is 5. The molecule has 0 saturated carbocycles. The molecule has 2 aromatic heterocycles. The molecule has 0 unspecified atom stereocenters. The topological polar surface area (TPSA) is 93.2 Å². The van der Waals surface area contributed by atoms with Crippen LogP contribution in [0.25, 0.3) is 5.69 Å². The fourth-order valence-electron chi connectivity index (χ4n) is 2.52. The molecule has 1 aromatic carbocycles. The molecule has 0 aliphatic rings. The van der Waals surface area contributed by atoms with Gasteiger partial charge in [0.25, 0.3) is 0 Å². The first-order valence-electron chi connectivity index (χ1n) is 9.09. The zero-order valence-electron chi connectivity index (χ0n) is 16.3. The number of rotatable bonds is 7. The molecular weight excluding hydrogens is 469 g/mol. The van der Waals surface area contributed by atoms with Gasteiger partial charge in [0.1, 0.15) is 12.9 Å². The van der Waals surface area contributed by atoms with Gasteiger partial charge in [0, 0.05) is 18.3 Å². The van der Waals surface area contributed by atoms with Crippen LogP contribution in [0.1, 0.15) is 44.0 Å². The summed E-state index contributed by atoms with van der Waals surface area (Å²) in [6, 6.07) is 11.9. The second-order valence-electron chi connectivity index (χ2n) is 6.37. The van der Waals surface area contributed by atoms with Crippen molar-refractivity contribution in [1.82, 2.24) is 30.6 Å². The van der Waals surface area contributed by atoms with E-state index in [2.05, 4.69) is 44.8 Å². The summed E-state index contributed by atoms with van der Waals surface area (Å²) in [6.45, 7) is 7.86. The van der Waals surface area contributed by atoms with Crippen molar-refractivity contribution in [3.63, 3.8) is 0 Å². The lowest BCUT2D eigenvalue weighted by atomic mass is 10.1. The van der Waals surface area contributed by atoms with Crippen LogP contribution in [0.3, 0.4) is 0 Å². The molecule has 28 heavy (non-hydrogen) atoms. The van der Waals surface area contributed by atoms with Gasteiger partial charge >= 0.3 is 0 Å². The number of guanidine groups is 1. The molecule has 8 nitrogen and oxygen atoms in total. The van der Waals surface area contributed by atoms with Crippen LogP contribution in [0.15, 0.2) is 52.2 Å². The quantitative estimate of drug-likeness (QED) is 0.297. The molecule has 3 aromatic rings. The Morgan fingerprint density at radius 1 is 1.21 bits per heavy atom. The van der Waals surface area contributed by atoms with E-state index < -0.39 is 0 Å². The van der Waals surface area contributed by atoms with Crippen LogP contribution in [-0.4, -0.2) is 32.4 Å². The minimum atomic E-state index is 0. The van der Waals surface area contributed by atoms with Crippen molar-refractivity contribution >= 4 is 29.9 Å². The van der Waals surface area contributed by atoms with Crippen molar-refractivity contribution in [2.24, 2.45) is 4.99 Å². The molecule has 0 fully saturated rings. The van der Waals surface area contributed by atoms with Gasteiger partial charge in [-0.3, -0.25) is 4.57 Å². The standard InChI is InChI=1S/C19H25N7O.HI/c1-4-20-19(21-11-16-10-17(14(2)3)25-27-16)22-12-18-24-23-13-26(18)15-8-6-5-7-9-15;/h5-10,13-14H,4,11-12H2,1-3H3,(H2,20,21,22);1H. The summed E-state index contributed by atoms with van der Waals surface area (Å²) < 4.78 is 7.29. The first-order valence-corrected chi connectivity index (χ1v) is 9.09. The third-order valence-corrected chi connectivity index (χ3v) is 3.97. The number of halogens is 1. The summed E-state index contributed by atoms with van der Waals surface area (Å²) in [4.78, 5) is 4.61. The van der Waals surface area contributed by atoms with Crippen LogP contribution in [0.2, 0.25) is 0 Å². The Kier molecular flexibility index (Phi) is 8.42. The van der Waals surface area contributed by atoms with Gasteiger partial charge in [0.2, 0.25) is 0 Å². The van der Waals surface area contributed by atoms with E-state index in [0.717, 1.165) is 29.5 Å². The summed E-state index contributed by atoms with van der Waals surface area (Å²) in [7, 11) is 0. The Morgan fingerprint density at radius 3 is 2.68 bits per heavy atom. The molecule has 0 spiro atoms. The van der Waals surface area contributed by atoms with Crippen LogP contribution < -0.4 is 10.6 Å². The second-order valence-corrected chi connectivity index (χ2v) is 6.37. The van der Waals surface area contributed by atoms with Crippen molar-refractivity contribution in [2.45, 2.75) is 39.8 Å². The van der Waals surface area contributed by atoms with Crippen LogP contribution in [0, 0.1) is 0 Å². The van der Waals surface area contributed by atoms with Gasteiger partial charge < -0.3 is 15.2 Å². The summed E-state index contributed by atoms with van der Waals surface area (Å²) in [5.41, 5.74) is 1.96. The minimum absolute atomic E-state index is 0. The highest BCUT2D eigenvalue weighted by molar-refractivity contribution is 14.0. The summed E-state index contributed by atoms with van der Waals surface area (Å²) >= 11 is 0. The summed E-state index contributed by atoms with van der Waals surface area (Å²) in [6.07, 6.45) is 1.70. The molecule has 2 heterocycles. The molecule has 0 radical (unpaired) electrons. The molecule has 2 N–H and O–H groups in total. The van der Waals surface area contributed by atoms with E-state index >= 15 is 0 Å². The van der Waals surface area contributed by atoms with Crippen LogP contribution in [0.4, 0.5) is 0 Å². The third kappa shape index (κ3) is 5.78. The number of nitrogens with zero attached hydrogens (tertiary/aromatic N) is 5. The lowest BCUT2D eigenvalue weighted by Gasteiger charge is -2.10. The van der Waals surface area contributed by atoms with Crippen LogP contribution >= 0.6 is 24.0 Å². The maximum absolute atomic E-state index is 5.36. The first kappa shape index (κ1) is 21.9. The van der Waals surface area contributed by atoms with Crippen LogP contribution in [-0.2, 0) is 13.1 Å². The SMILES string of the molecule is CCNC(=NCc1nncn1-c1ccccc1)NCc1cc(C(C)C)no1.I. The number of hydrogen-bond donors (Lipinski definition) is 2. The highest BCUT2D eigenvalue weighted by Crippen LogP contribution is 2.14. The molecule has 0 atom stereocenters. The Balaban J connectivity index is 0.00000280. The third-order valence-electron chi connectivity index (χ3n) is 3.97. The van der Waals surface area contributed by atoms with Crippen molar-refractivity contribution in [1.29, 1.82) is 0 Å². The molecule has 0 saturated heterocycles. The van der Waals surface area contributed by atoms with Gasteiger partial charge in [-0.1, -0.05) is 37.2 Å². The molecular formula is C19H26IN7O. The highest BCUT2D eigenvalue weighted by Gasteiger charge is 2.09. The summed E-state index contributed by atoms with van der Waals surface area (Å²) in [5, 5.41) is 18.8. The van der Waals surface area contributed by atoms with Gasteiger partial charge in [-0.25, -0.2) is 4.99 Å². The zero-order chi connectivity index (χ0) is 19.1. The van der Waals surface area contributed by atoms with Crippen molar-refractivity contribution in [2.75, 3.05) is 6.54 Å². The predicted molar refractivity (Wildman–Crippen MR) is 119 cm³/mol. The predicted octanol–water partition coefficient (Wildman–Crippen LogP) is 3.25. The first-order chi connectivity index (χ1) is 13.2. The number of benzene rings is 1. The van der Waals surface area contributed by atoms with E-state index in [-0.39, 0.29) is 24.0 Å². The largest absolute Gasteiger partial charge is 0.359 e. The van der Waals surface area contributed by atoms with E-state index in [1.54, 1.807) is 6.33 Å². The lowest BCUT2D eigenvalue weighted by molar-refractivity contribution is 0.372. The maximum atomic E-state index is 5.36. The van der Waals surface area contributed by atoms with Gasteiger partial charge in [0.05, 0.1) is 12.2 Å². The lowest BCUT2D eigenvalue weighted by Crippen LogP contribution is -2.36. The van der Waals surface area contributed by atoms with Crippen molar-refractivity contribution in [3.8, 4) is 5.69 Å². The van der Waals surface area contributed by atoms with Gasteiger partial charge in [-0.2, -0.15) is 0 Å². The number of nitrogens with one attached hydrogen (secondary N) is 2. The number of aromatic nitrogens is 4. The molecule has 3 rings (SSSR count). The molecule has 0 amide bonds. The van der Waals surface area contributed by atoms with Gasteiger partial charge in [-0.05, 0) is 25.0 Å². The van der Waals surface area contributed by atoms with Gasteiger partial charge in [-0.15, -0.1) is 34.2 Å². The monoisotopic (exact) mass is 495 g/mol. The Labute approximate surface area is 181 Å². The average Bonchev–Trinajstić information content (AvgIpc) is 3.34. The number of para-hydroxylation sites is 1. The molecule has 9 heteroatoms. The highest BCUT2D eigenvalue weighted by atomic mass is 127. The minimum Gasteiger partial charge on any atom is -0.359 e. The Morgan fingerprint density at radius 2 is 2.00 bits per heavy atom. The van der Waals surface area contributed by atoms with Crippen molar-refractivity contribution < 1.29 is 4.52 Å². The van der Waals surface area contributed by atoms with Crippen molar-refractivity contribution in [3.05, 3.63) is 60.0 Å². The average molecular weight is 495 g/mol. The maximum Gasteiger partial charge on any atom is 0.192 e. The molecule has 0 bridgehead atoms. The fourth-order valence-corrected chi connectivity index (χ4v) is 2.52. The summed E-state index contributed by atoms with van der Waals surface area (Å²) in [5.74, 6) is 2.56. The molecule has 0 aliphatic carbocycles. The number of aliphatic imine (C=N–C) groups is 1. The molecule has 150 valence electrons. The Bertz CT molecular complexity index is 873. The van der Waals surface area contributed by atoms with E-state index in [9.17, 15) is 0 Å².